The van der Waals surface area contributed by atoms with E-state index in [-0.39, 0.29) is 0 Å². The molecule has 0 heterocycles. The number of aliphatic imine (C=N–C) groups is 1. The van der Waals surface area contributed by atoms with Gasteiger partial charge in [-0.1, -0.05) is 91.4 Å². The molecule has 0 fully saturated rings. The Bertz CT molecular complexity index is 344. The molecule has 0 saturated heterocycles. The van der Waals surface area contributed by atoms with Crippen molar-refractivity contribution in [1.29, 1.82) is 5.26 Å². The van der Waals surface area contributed by atoms with Crippen molar-refractivity contribution in [3.05, 3.63) is 0 Å². The summed E-state index contributed by atoms with van der Waals surface area (Å²) < 4.78 is 0. The molecule has 0 aromatic heterocycles. The molecule has 0 aromatic rings. The molecule has 0 aliphatic heterocycles. The summed E-state index contributed by atoms with van der Waals surface area (Å²) in [5, 5.41) is 8.65. The monoisotopic (exact) mass is 336 g/mol. The number of nitrogens with two attached hydrogens (primary N) is 1. The molecule has 24 heavy (non-hydrogen) atoms. The summed E-state index contributed by atoms with van der Waals surface area (Å²) >= 11 is 0. The molecule has 0 bridgehead atoms. The van der Waals surface area contributed by atoms with Crippen molar-refractivity contribution in [2.24, 2.45) is 16.6 Å². The number of nitriles is 1. The Morgan fingerprint density at radius 3 is 1.79 bits per heavy atom. The molecule has 140 valence electrons. The molecule has 0 radical (unpaired) electrons. The average Bonchev–Trinajstić information content (AvgIpc) is 2.54. The van der Waals surface area contributed by atoms with Crippen LogP contribution in [0.5, 0.6) is 0 Å². The summed E-state index contributed by atoms with van der Waals surface area (Å²) in [7, 11) is 0. The first-order valence-electron chi connectivity index (χ1n) is 10.1. The van der Waals surface area contributed by atoms with Gasteiger partial charge in [-0.25, -0.2) is 0 Å². The highest BCUT2D eigenvalue weighted by Gasteiger charge is 2.09. The second-order valence-electron chi connectivity index (χ2n) is 7.30. The Morgan fingerprint density at radius 1 is 0.917 bits per heavy atom. The highest BCUT2D eigenvalue weighted by molar-refractivity contribution is 5.78. The van der Waals surface area contributed by atoms with Crippen molar-refractivity contribution >= 4 is 5.96 Å². The maximum absolute atomic E-state index is 8.65. The summed E-state index contributed by atoms with van der Waals surface area (Å²) in [5.41, 5.74) is 5.87. The molecule has 0 spiro atoms. The van der Waals surface area contributed by atoms with Gasteiger partial charge in [-0.15, -0.1) is 4.99 Å². The van der Waals surface area contributed by atoms with Gasteiger partial charge in [0.25, 0.3) is 0 Å². The molecule has 0 saturated carbocycles. The molecular weight excluding hydrogens is 296 g/mol. The standard InChI is InChI=1S/C20H40N4/c1-4-5-6-7-8-9-10-11-12-13-14-15-16-24(17-19(2)3)20(22)23-18-21/h19H,4-17H2,1-3H3,(H2,22,23). The normalized spacial score (nSPS) is 11.7. The Kier molecular flexibility index (Phi) is 15.8. The first-order chi connectivity index (χ1) is 11.6. The zero-order chi connectivity index (χ0) is 18.0. The van der Waals surface area contributed by atoms with Gasteiger partial charge in [-0.05, 0) is 12.3 Å². The Morgan fingerprint density at radius 2 is 1.38 bits per heavy atom. The van der Waals surface area contributed by atoms with Crippen LogP contribution < -0.4 is 5.73 Å². The van der Waals surface area contributed by atoms with Gasteiger partial charge < -0.3 is 10.6 Å². The van der Waals surface area contributed by atoms with Crippen molar-refractivity contribution < 1.29 is 0 Å². The molecule has 0 amide bonds. The summed E-state index contributed by atoms with van der Waals surface area (Å²) in [4.78, 5) is 5.73. The maximum Gasteiger partial charge on any atom is 0.209 e. The van der Waals surface area contributed by atoms with Gasteiger partial charge in [0, 0.05) is 13.1 Å². The zero-order valence-corrected chi connectivity index (χ0v) is 16.4. The van der Waals surface area contributed by atoms with E-state index in [1.165, 1.54) is 70.6 Å². The SMILES string of the molecule is CCCCCCCCCCCCCCN(CC(C)C)C(N)=NC#N. The van der Waals surface area contributed by atoms with Crippen LogP contribution in [-0.4, -0.2) is 23.9 Å². The van der Waals surface area contributed by atoms with E-state index in [1.807, 2.05) is 4.90 Å². The van der Waals surface area contributed by atoms with E-state index in [2.05, 4.69) is 25.8 Å². The van der Waals surface area contributed by atoms with Crippen LogP contribution in [0, 0.1) is 17.4 Å². The maximum atomic E-state index is 8.65. The topological polar surface area (TPSA) is 65.4 Å². The quantitative estimate of drug-likeness (QED) is 0.187. The summed E-state index contributed by atoms with van der Waals surface area (Å²) in [6.07, 6.45) is 18.0. The number of unbranched alkanes of at least 4 members (excludes halogenated alkanes) is 11. The smallest absolute Gasteiger partial charge is 0.209 e. The molecule has 0 aromatic carbocycles. The highest BCUT2D eigenvalue weighted by Crippen LogP contribution is 2.12. The number of hydrogen-bond acceptors (Lipinski definition) is 2. The van der Waals surface area contributed by atoms with Crippen LogP contribution in [0.1, 0.15) is 97.8 Å². The lowest BCUT2D eigenvalue weighted by Crippen LogP contribution is -2.40. The van der Waals surface area contributed by atoms with Crippen LogP contribution in [0.15, 0.2) is 4.99 Å². The van der Waals surface area contributed by atoms with Crippen molar-refractivity contribution in [3.8, 4) is 6.19 Å². The van der Waals surface area contributed by atoms with Crippen LogP contribution in [0.2, 0.25) is 0 Å². The Labute approximate surface area is 150 Å². The van der Waals surface area contributed by atoms with Gasteiger partial charge in [0.1, 0.15) is 0 Å². The molecule has 0 atom stereocenters. The number of rotatable bonds is 15. The average molecular weight is 337 g/mol. The number of nitrogens with zero attached hydrogens (tertiary/aromatic N) is 3. The molecule has 0 aliphatic rings. The van der Waals surface area contributed by atoms with Gasteiger partial charge in [-0.3, -0.25) is 0 Å². The van der Waals surface area contributed by atoms with Crippen molar-refractivity contribution in [2.75, 3.05) is 13.1 Å². The second kappa shape index (κ2) is 16.6. The fourth-order valence-corrected chi connectivity index (χ4v) is 3.01. The summed E-state index contributed by atoms with van der Waals surface area (Å²) in [5.74, 6) is 0.893. The predicted octanol–water partition coefficient (Wildman–Crippen LogP) is 5.44. The van der Waals surface area contributed by atoms with Crippen LogP contribution in [0.25, 0.3) is 0 Å². The molecule has 4 heteroatoms. The summed E-state index contributed by atoms with van der Waals surface area (Å²) in [6.45, 7) is 8.37. The van der Waals surface area contributed by atoms with Crippen molar-refractivity contribution in [1.82, 2.24) is 4.90 Å². The lowest BCUT2D eigenvalue weighted by atomic mass is 10.1. The van der Waals surface area contributed by atoms with Crippen LogP contribution in [0.4, 0.5) is 0 Å². The van der Waals surface area contributed by atoms with Crippen LogP contribution in [-0.2, 0) is 0 Å². The van der Waals surface area contributed by atoms with Crippen LogP contribution in [0.3, 0.4) is 0 Å². The number of guanidine groups is 1. The third-order valence-electron chi connectivity index (χ3n) is 4.36. The highest BCUT2D eigenvalue weighted by atomic mass is 15.2. The van der Waals surface area contributed by atoms with Gasteiger partial charge >= 0.3 is 0 Å². The van der Waals surface area contributed by atoms with E-state index >= 15 is 0 Å². The van der Waals surface area contributed by atoms with E-state index in [0.717, 1.165) is 19.5 Å². The van der Waals surface area contributed by atoms with Crippen molar-refractivity contribution in [2.45, 2.75) is 97.8 Å². The first kappa shape index (κ1) is 22.8. The van der Waals surface area contributed by atoms with Gasteiger partial charge in [0.2, 0.25) is 12.2 Å². The molecule has 2 N–H and O–H groups in total. The molecule has 4 nitrogen and oxygen atoms in total. The van der Waals surface area contributed by atoms with E-state index in [9.17, 15) is 0 Å². The minimum absolute atomic E-state index is 0.370. The van der Waals surface area contributed by atoms with Crippen LogP contribution >= 0.6 is 0 Å². The Hall–Kier alpha value is -1.24. The third-order valence-corrected chi connectivity index (χ3v) is 4.36. The van der Waals surface area contributed by atoms with E-state index in [1.54, 1.807) is 6.19 Å². The van der Waals surface area contributed by atoms with E-state index < -0.39 is 0 Å². The van der Waals surface area contributed by atoms with Gasteiger partial charge in [-0.2, -0.15) is 5.26 Å². The van der Waals surface area contributed by atoms with E-state index in [0.29, 0.717) is 11.9 Å². The largest absolute Gasteiger partial charge is 0.369 e. The zero-order valence-electron chi connectivity index (χ0n) is 16.4. The molecule has 0 unspecified atom stereocenters. The molecular formula is C20H40N4. The fourth-order valence-electron chi connectivity index (χ4n) is 3.01. The minimum Gasteiger partial charge on any atom is -0.369 e. The molecule has 0 rings (SSSR count). The minimum atomic E-state index is 0.370. The lowest BCUT2D eigenvalue weighted by molar-refractivity contribution is 0.351. The van der Waals surface area contributed by atoms with Gasteiger partial charge in [0.05, 0.1) is 0 Å². The fraction of sp³-hybridized carbons (Fsp3) is 0.900. The van der Waals surface area contributed by atoms with E-state index in [4.69, 9.17) is 11.0 Å². The number of hydrogen-bond donors (Lipinski definition) is 1. The Balaban J connectivity index is 3.58. The second-order valence-corrected chi connectivity index (χ2v) is 7.30. The first-order valence-corrected chi connectivity index (χ1v) is 10.1. The predicted molar refractivity (Wildman–Crippen MR) is 105 cm³/mol. The summed E-state index contributed by atoms with van der Waals surface area (Å²) in [6, 6.07) is 0. The van der Waals surface area contributed by atoms with Gasteiger partial charge in [0.15, 0.2) is 0 Å². The third kappa shape index (κ3) is 14.4. The van der Waals surface area contributed by atoms with Crippen molar-refractivity contribution in [3.63, 3.8) is 0 Å². The lowest BCUT2D eigenvalue weighted by Gasteiger charge is -2.24. The molecule has 0 aliphatic carbocycles.